The highest BCUT2D eigenvalue weighted by molar-refractivity contribution is 7.90. The molecule has 9 heteroatoms. The molecule has 0 unspecified atom stereocenters. The number of benzene rings is 2. The first kappa shape index (κ1) is 25.7. The van der Waals surface area contributed by atoms with Crippen molar-refractivity contribution in [3.05, 3.63) is 70.3 Å². The smallest absolute Gasteiger partial charge is 0.264 e. The number of hydrogen-bond donors (Lipinski definition) is 2. The molecule has 2 aliphatic heterocycles. The highest BCUT2D eigenvalue weighted by atomic mass is 35.5. The molecule has 1 fully saturated rings. The maximum atomic E-state index is 13.0. The lowest BCUT2D eigenvalue weighted by Gasteiger charge is -2.45. The second-order valence-electron chi connectivity index (χ2n) is 11.2. The van der Waals surface area contributed by atoms with E-state index in [-0.39, 0.29) is 35.0 Å². The third-order valence-electron chi connectivity index (χ3n) is 8.80. The number of carbonyl (C=O) groups is 1. The summed E-state index contributed by atoms with van der Waals surface area (Å²) in [6.45, 7) is 1.93. The van der Waals surface area contributed by atoms with Crippen LogP contribution in [0.1, 0.15) is 53.6 Å². The number of allylic oxidation sites excluding steroid dienone is 1. The molecule has 2 bridgehead atoms. The van der Waals surface area contributed by atoms with Crippen LogP contribution in [0.5, 0.6) is 5.75 Å². The number of amides is 1. The third-order valence-corrected chi connectivity index (χ3v) is 10.3. The van der Waals surface area contributed by atoms with Crippen molar-refractivity contribution in [2.75, 3.05) is 30.3 Å². The van der Waals surface area contributed by atoms with Gasteiger partial charge in [-0.1, -0.05) is 29.8 Å². The molecule has 7 nitrogen and oxygen atoms in total. The molecule has 4 aliphatic rings. The van der Waals surface area contributed by atoms with Gasteiger partial charge in [-0.2, -0.15) is 0 Å². The molecule has 4 atom stereocenters. The standard InChI is InChI=1S/C29H33ClN2O5S/c30-22-8-10-24-19(14-22)4-3-12-29(24)17-32-16-21-6-9-23(21)26(33)5-1-2-13-38(35,36)31-28(34)20-7-11-27(37-18-29)25(32)15-20/h1,5,7-8,10-11,14-15,21,23,26,33H,2-4,6,9,12-13,16-18H2,(H,31,34)/b5-1+/t21-,23+,26+,29-/m0/s1. The number of halogens is 1. The summed E-state index contributed by atoms with van der Waals surface area (Å²) in [5.74, 6) is 0.198. The Kier molecular flexibility index (Phi) is 6.69. The van der Waals surface area contributed by atoms with E-state index in [1.165, 1.54) is 11.1 Å². The molecule has 6 rings (SSSR count). The summed E-state index contributed by atoms with van der Waals surface area (Å²) in [6, 6.07) is 11.3. The second kappa shape index (κ2) is 9.88. The van der Waals surface area contributed by atoms with E-state index in [1.807, 2.05) is 6.07 Å². The molecule has 1 saturated carbocycles. The van der Waals surface area contributed by atoms with Gasteiger partial charge < -0.3 is 14.7 Å². The van der Waals surface area contributed by atoms with Crippen molar-refractivity contribution in [1.82, 2.24) is 4.72 Å². The minimum atomic E-state index is -3.82. The van der Waals surface area contributed by atoms with Gasteiger partial charge in [-0.25, -0.2) is 13.1 Å². The van der Waals surface area contributed by atoms with Crippen LogP contribution in [0, 0.1) is 11.8 Å². The highest BCUT2D eigenvalue weighted by Gasteiger charge is 2.44. The van der Waals surface area contributed by atoms with Gasteiger partial charge in [0.05, 0.1) is 24.2 Å². The van der Waals surface area contributed by atoms with E-state index in [0.29, 0.717) is 18.9 Å². The van der Waals surface area contributed by atoms with Crippen molar-refractivity contribution in [1.29, 1.82) is 0 Å². The Balaban J connectivity index is 1.43. The van der Waals surface area contributed by atoms with Crippen molar-refractivity contribution >= 4 is 33.2 Å². The van der Waals surface area contributed by atoms with E-state index in [1.54, 1.807) is 30.4 Å². The summed E-state index contributed by atoms with van der Waals surface area (Å²) < 4.78 is 33.8. The van der Waals surface area contributed by atoms with E-state index in [9.17, 15) is 18.3 Å². The fourth-order valence-electron chi connectivity index (χ4n) is 6.66. The van der Waals surface area contributed by atoms with Gasteiger partial charge in [0.15, 0.2) is 0 Å². The monoisotopic (exact) mass is 556 g/mol. The van der Waals surface area contributed by atoms with Crippen LogP contribution in [-0.4, -0.2) is 51.0 Å². The Bertz CT molecular complexity index is 1390. The van der Waals surface area contributed by atoms with Gasteiger partial charge in [0, 0.05) is 29.1 Å². The number of aliphatic hydroxyl groups is 1. The molecule has 38 heavy (non-hydrogen) atoms. The van der Waals surface area contributed by atoms with Crippen LogP contribution >= 0.6 is 11.6 Å². The summed E-state index contributed by atoms with van der Waals surface area (Å²) in [5.41, 5.74) is 3.34. The maximum absolute atomic E-state index is 13.0. The molecule has 2 aromatic rings. The Labute approximate surface area is 228 Å². The Morgan fingerprint density at radius 3 is 2.84 bits per heavy atom. The molecule has 0 aromatic heterocycles. The van der Waals surface area contributed by atoms with E-state index in [2.05, 4.69) is 21.8 Å². The van der Waals surface area contributed by atoms with Crippen LogP contribution in [0.15, 0.2) is 48.6 Å². The number of rotatable bonds is 0. The topological polar surface area (TPSA) is 95.9 Å². The highest BCUT2D eigenvalue weighted by Crippen LogP contribution is 2.46. The number of sulfonamides is 1. The molecule has 2 heterocycles. The van der Waals surface area contributed by atoms with E-state index in [0.717, 1.165) is 49.4 Å². The largest absolute Gasteiger partial charge is 0.490 e. The van der Waals surface area contributed by atoms with Crippen LogP contribution in [0.2, 0.25) is 5.02 Å². The molecule has 0 radical (unpaired) electrons. The molecular weight excluding hydrogens is 524 g/mol. The molecule has 1 spiro atoms. The van der Waals surface area contributed by atoms with Gasteiger partial charge >= 0.3 is 0 Å². The molecule has 2 aromatic carbocycles. The number of carbonyl (C=O) groups excluding carboxylic acids is 1. The second-order valence-corrected chi connectivity index (χ2v) is 13.5. The van der Waals surface area contributed by atoms with Gasteiger partial charge in [-0.15, -0.1) is 0 Å². The molecule has 2 N–H and O–H groups in total. The SMILES string of the molecule is O=C1NS(=O)(=O)CC/C=C/[C@@H](O)[C@@H]2CC[C@H]2CN2C[C@@]3(CCCc4cc(Cl)ccc43)COc3ccc1cc32. The minimum absolute atomic E-state index is 0.108. The summed E-state index contributed by atoms with van der Waals surface area (Å²) in [5, 5.41) is 11.6. The van der Waals surface area contributed by atoms with Gasteiger partial charge in [-0.05, 0) is 91.8 Å². The first-order valence-corrected chi connectivity index (χ1v) is 15.5. The zero-order valence-corrected chi connectivity index (χ0v) is 22.8. The van der Waals surface area contributed by atoms with E-state index in [4.69, 9.17) is 16.3 Å². The van der Waals surface area contributed by atoms with Crippen LogP contribution in [0.25, 0.3) is 0 Å². The van der Waals surface area contributed by atoms with Crippen molar-refractivity contribution < 1.29 is 23.1 Å². The maximum Gasteiger partial charge on any atom is 0.264 e. The lowest BCUT2D eigenvalue weighted by molar-refractivity contribution is 0.0456. The van der Waals surface area contributed by atoms with Crippen LogP contribution in [0.3, 0.4) is 0 Å². The van der Waals surface area contributed by atoms with Crippen LogP contribution in [-0.2, 0) is 21.9 Å². The van der Waals surface area contributed by atoms with Gasteiger partial charge in [0.25, 0.3) is 5.91 Å². The Hall–Kier alpha value is -2.55. The number of ether oxygens (including phenoxy) is 1. The predicted octanol–water partition coefficient (Wildman–Crippen LogP) is 4.22. The lowest BCUT2D eigenvalue weighted by Crippen LogP contribution is -2.49. The average molecular weight is 557 g/mol. The third kappa shape index (κ3) is 4.82. The number of aliphatic hydroxyl groups excluding tert-OH is 1. The number of fused-ring (bicyclic) bond motifs is 4. The molecule has 1 amide bonds. The first-order valence-electron chi connectivity index (χ1n) is 13.4. The van der Waals surface area contributed by atoms with Crippen molar-refractivity contribution in [2.45, 2.75) is 50.0 Å². The molecule has 0 saturated heterocycles. The number of nitrogens with zero attached hydrogens (tertiary/aromatic N) is 1. The van der Waals surface area contributed by atoms with Gasteiger partial charge in [-0.3, -0.25) is 4.79 Å². The van der Waals surface area contributed by atoms with Crippen LogP contribution in [0.4, 0.5) is 5.69 Å². The minimum Gasteiger partial charge on any atom is -0.490 e. The fraction of sp³-hybridized carbons (Fsp3) is 0.483. The average Bonchev–Trinajstić information content (AvgIpc) is 3.01. The molecule has 202 valence electrons. The molecule has 2 aliphatic carbocycles. The summed E-state index contributed by atoms with van der Waals surface area (Å²) in [7, 11) is -3.82. The van der Waals surface area contributed by atoms with Gasteiger partial charge in [0.2, 0.25) is 10.0 Å². The van der Waals surface area contributed by atoms with E-state index < -0.39 is 22.0 Å². The Morgan fingerprint density at radius 2 is 2.03 bits per heavy atom. The number of nitrogens with one attached hydrogen (secondary N) is 1. The van der Waals surface area contributed by atoms with Crippen molar-refractivity contribution in [3.8, 4) is 5.75 Å². The predicted molar refractivity (Wildman–Crippen MR) is 147 cm³/mol. The first-order chi connectivity index (χ1) is 18.2. The summed E-state index contributed by atoms with van der Waals surface area (Å²) in [6.07, 6.45) is 7.94. The fourth-order valence-corrected chi connectivity index (χ4v) is 7.81. The summed E-state index contributed by atoms with van der Waals surface area (Å²) >= 11 is 6.35. The zero-order chi connectivity index (χ0) is 26.5. The van der Waals surface area contributed by atoms with E-state index >= 15 is 0 Å². The van der Waals surface area contributed by atoms with Gasteiger partial charge in [0.1, 0.15) is 5.75 Å². The summed E-state index contributed by atoms with van der Waals surface area (Å²) in [4.78, 5) is 15.3. The number of anilines is 1. The normalized spacial score (nSPS) is 31.3. The lowest BCUT2D eigenvalue weighted by atomic mass is 9.68. The zero-order valence-electron chi connectivity index (χ0n) is 21.2. The quantitative estimate of drug-likeness (QED) is 0.472. The van der Waals surface area contributed by atoms with Crippen molar-refractivity contribution in [3.63, 3.8) is 0 Å². The molecular formula is C29H33ClN2O5S. The Morgan fingerprint density at radius 1 is 1.16 bits per heavy atom. The number of hydrogen-bond acceptors (Lipinski definition) is 6. The van der Waals surface area contributed by atoms with Crippen LogP contribution < -0.4 is 14.4 Å². The number of aryl methyl sites for hydroxylation is 1. The van der Waals surface area contributed by atoms with Crippen molar-refractivity contribution in [2.24, 2.45) is 11.8 Å².